The van der Waals surface area contributed by atoms with Crippen molar-refractivity contribution < 1.29 is 9.53 Å². The second-order valence-corrected chi connectivity index (χ2v) is 8.84. The fraction of sp³-hybridized carbons (Fsp3) is 0.167. The number of rotatable bonds is 5. The quantitative estimate of drug-likeness (QED) is 0.346. The van der Waals surface area contributed by atoms with Crippen LogP contribution in [0.4, 0.5) is 10.8 Å². The van der Waals surface area contributed by atoms with Gasteiger partial charge in [-0.25, -0.2) is 4.79 Å². The van der Waals surface area contributed by atoms with Gasteiger partial charge >= 0.3 is 5.97 Å². The molecule has 6 nitrogen and oxygen atoms in total. The van der Waals surface area contributed by atoms with Crippen molar-refractivity contribution >= 4 is 80.3 Å². The number of carbonyl (C=O) groups is 1. The molecule has 0 aliphatic heterocycles. The molecule has 0 unspecified atom stereocenters. The Morgan fingerprint density at radius 1 is 1.24 bits per heavy atom. The Hall–Kier alpha value is -1.84. The molecule has 0 saturated carbocycles. The standard InChI is InChI=1S/C18H15Cl3N4O2S2/c1-9-5-12(17(26)27-2)16(29-9)23-18(28)22-15-14(21)8-25(24-15)7-10-3-4-11(19)6-13(10)20/h3-6,8H,7H2,1-2H3,(H2,22,23,24,28). The molecule has 11 heteroatoms. The number of ether oxygens (including phenoxy) is 1. The average molecular weight is 490 g/mol. The maximum atomic E-state index is 11.9. The highest BCUT2D eigenvalue weighted by molar-refractivity contribution is 7.80. The van der Waals surface area contributed by atoms with Crippen molar-refractivity contribution in [3.8, 4) is 0 Å². The molecule has 2 heterocycles. The van der Waals surface area contributed by atoms with Crippen molar-refractivity contribution in [2.24, 2.45) is 0 Å². The zero-order valence-electron chi connectivity index (χ0n) is 15.3. The van der Waals surface area contributed by atoms with E-state index in [0.29, 0.717) is 38.0 Å². The van der Waals surface area contributed by atoms with E-state index in [-0.39, 0.29) is 5.11 Å². The molecule has 1 aromatic carbocycles. The van der Waals surface area contributed by atoms with Crippen molar-refractivity contribution in [2.45, 2.75) is 13.5 Å². The minimum absolute atomic E-state index is 0.244. The summed E-state index contributed by atoms with van der Waals surface area (Å²) in [4.78, 5) is 12.8. The van der Waals surface area contributed by atoms with Gasteiger partial charge in [-0.3, -0.25) is 4.68 Å². The summed E-state index contributed by atoms with van der Waals surface area (Å²) in [5.41, 5.74) is 1.26. The third kappa shape index (κ3) is 5.40. The summed E-state index contributed by atoms with van der Waals surface area (Å²) >= 11 is 25.1. The number of hydrogen-bond donors (Lipinski definition) is 2. The second kappa shape index (κ2) is 9.32. The van der Waals surface area contributed by atoms with E-state index in [1.807, 2.05) is 13.0 Å². The van der Waals surface area contributed by atoms with Gasteiger partial charge in [0.1, 0.15) is 10.0 Å². The highest BCUT2D eigenvalue weighted by atomic mass is 35.5. The predicted molar refractivity (Wildman–Crippen MR) is 123 cm³/mol. The molecule has 0 aliphatic rings. The summed E-state index contributed by atoms with van der Waals surface area (Å²) < 4.78 is 6.43. The predicted octanol–water partition coefficient (Wildman–Crippen LogP) is 5.86. The average Bonchev–Trinajstić information content (AvgIpc) is 3.18. The zero-order valence-corrected chi connectivity index (χ0v) is 19.2. The normalized spacial score (nSPS) is 10.7. The lowest BCUT2D eigenvalue weighted by atomic mass is 10.2. The summed E-state index contributed by atoms with van der Waals surface area (Å²) in [6.45, 7) is 2.30. The number of nitrogens with one attached hydrogen (secondary N) is 2. The zero-order chi connectivity index (χ0) is 21.1. The number of hydrogen-bond acceptors (Lipinski definition) is 5. The monoisotopic (exact) mass is 488 g/mol. The van der Waals surface area contributed by atoms with Crippen LogP contribution in [0.2, 0.25) is 15.1 Å². The van der Waals surface area contributed by atoms with Crippen LogP contribution in [0.3, 0.4) is 0 Å². The lowest BCUT2D eigenvalue weighted by Crippen LogP contribution is -2.20. The third-order valence-electron chi connectivity index (χ3n) is 3.78. The van der Waals surface area contributed by atoms with Gasteiger partial charge in [0.2, 0.25) is 0 Å². The number of anilines is 2. The van der Waals surface area contributed by atoms with Crippen LogP contribution >= 0.6 is 58.4 Å². The number of aryl methyl sites for hydroxylation is 1. The number of esters is 1. The van der Waals surface area contributed by atoms with E-state index < -0.39 is 5.97 Å². The smallest absolute Gasteiger partial charge is 0.340 e. The fourth-order valence-electron chi connectivity index (χ4n) is 2.50. The fourth-order valence-corrected chi connectivity index (χ4v) is 4.33. The van der Waals surface area contributed by atoms with Crippen LogP contribution in [0.5, 0.6) is 0 Å². The molecule has 0 bridgehead atoms. The molecule has 0 saturated heterocycles. The first-order valence-corrected chi connectivity index (χ1v) is 10.6. The molecule has 2 aromatic heterocycles. The highest BCUT2D eigenvalue weighted by Gasteiger charge is 2.17. The molecular formula is C18H15Cl3N4O2S2. The molecule has 0 fully saturated rings. The molecule has 3 rings (SSSR count). The summed E-state index contributed by atoms with van der Waals surface area (Å²) in [7, 11) is 1.33. The van der Waals surface area contributed by atoms with Crippen LogP contribution in [-0.2, 0) is 11.3 Å². The maximum absolute atomic E-state index is 11.9. The number of nitrogens with zero attached hydrogens (tertiary/aromatic N) is 2. The second-order valence-electron chi connectivity index (χ2n) is 5.93. The van der Waals surface area contributed by atoms with Gasteiger partial charge in [0.15, 0.2) is 10.9 Å². The highest BCUT2D eigenvalue weighted by Crippen LogP contribution is 2.29. The van der Waals surface area contributed by atoms with Crippen molar-refractivity contribution in [1.29, 1.82) is 0 Å². The Balaban J connectivity index is 1.71. The molecule has 152 valence electrons. The lowest BCUT2D eigenvalue weighted by molar-refractivity contribution is 0.0602. The van der Waals surface area contributed by atoms with Gasteiger partial charge in [0, 0.05) is 21.1 Å². The van der Waals surface area contributed by atoms with Gasteiger partial charge in [-0.1, -0.05) is 40.9 Å². The molecule has 29 heavy (non-hydrogen) atoms. The van der Waals surface area contributed by atoms with Gasteiger partial charge in [0.25, 0.3) is 0 Å². The first-order chi connectivity index (χ1) is 13.8. The van der Waals surface area contributed by atoms with E-state index in [4.69, 9.17) is 51.8 Å². The van der Waals surface area contributed by atoms with Gasteiger partial charge in [-0.2, -0.15) is 5.10 Å². The molecule has 0 spiro atoms. The van der Waals surface area contributed by atoms with E-state index in [1.54, 1.807) is 29.1 Å². The lowest BCUT2D eigenvalue weighted by Gasteiger charge is -2.09. The van der Waals surface area contributed by atoms with Crippen molar-refractivity contribution in [3.05, 3.63) is 61.5 Å². The first-order valence-electron chi connectivity index (χ1n) is 8.20. The van der Waals surface area contributed by atoms with Crippen molar-refractivity contribution in [2.75, 3.05) is 17.7 Å². The summed E-state index contributed by atoms with van der Waals surface area (Å²) in [6, 6.07) is 6.99. The number of thiophene rings is 1. The molecule has 0 aliphatic carbocycles. The van der Waals surface area contributed by atoms with Crippen molar-refractivity contribution in [3.63, 3.8) is 0 Å². The van der Waals surface area contributed by atoms with E-state index in [2.05, 4.69) is 15.7 Å². The van der Waals surface area contributed by atoms with Crippen LogP contribution in [0, 0.1) is 6.92 Å². The minimum Gasteiger partial charge on any atom is -0.465 e. The number of carbonyl (C=O) groups excluding carboxylic acids is 1. The van der Waals surface area contributed by atoms with Gasteiger partial charge in [0.05, 0.1) is 19.2 Å². The Morgan fingerprint density at radius 2 is 2.00 bits per heavy atom. The van der Waals surface area contributed by atoms with Crippen LogP contribution < -0.4 is 10.6 Å². The number of halogens is 3. The van der Waals surface area contributed by atoms with E-state index in [9.17, 15) is 4.79 Å². The van der Waals surface area contributed by atoms with Crippen LogP contribution in [0.1, 0.15) is 20.8 Å². The molecule has 0 radical (unpaired) electrons. The molecule has 0 amide bonds. The Morgan fingerprint density at radius 3 is 2.69 bits per heavy atom. The summed E-state index contributed by atoms with van der Waals surface area (Å²) in [5, 5.41) is 12.6. The Labute approximate surface area is 191 Å². The van der Waals surface area contributed by atoms with Gasteiger partial charge in [-0.05, 0) is 42.9 Å². The SMILES string of the molecule is COC(=O)c1cc(C)sc1NC(=S)Nc1nn(Cc2ccc(Cl)cc2Cl)cc1Cl. The number of thiocarbonyl (C=S) groups is 1. The van der Waals surface area contributed by atoms with Crippen LogP contribution in [0.25, 0.3) is 0 Å². The Kier molecular flexibility index (Phi) is 7.02. The minimum atomic E-state index is -0.443. The van der Waals surface area contributed by atoms with E-state index >= 15 is 0 Å². The van der Waals surface area contributed by atoms with Crippen molar-refractivity contribution in [1.82, 2.24) is 9.78 Å². The van der Waals surface area contributed by atoms with E-state index in [1.165, 1.54) is 18.4 Å². The molecule has 2 N–H and O–H groups in total. The molecule has 0 atom stereocenters. The Bertz CT molecular complexity index is 1080. The first kappa shape index (κ1) is 21.9. The van der Waals surface area contributed by atoms with Gasteiger partial charge in [-0.15, -0.1) is 11.3 Å². The molecule has 3 aromatic rings. The van der Waals surface area contributed by atoms with Gasteiger partial charge < -0.3 is 15.4 Å². The third-order valence-corrected chi connectivity index (χ3v) is 5.82. The summed E-state index contributed by atoms with van der Waals surface area (Å²) in [5.74, 6) is -0.0658. The number of benzene rings is 1. The van der Waals surface area contributed by atoms with Crippen LogP contribution in [-0.4, -0.2) is 28.0 Å². The number of methoxy groups -OCH3 is 1. The number of aromatic nitrogens is 2. The topological polar surface area (TPSA) is 68.2 Å². The molecular weight excluding hydrogens is 475 g/mol. The summed E-state index contributed by atoms with van der Waals surface area (Å²) in [6.07, 6.45) is 1.66. The largest absolute Gasteiger partial charge is 0.465 e. The van der Waals surface area contributed by atoms with E-state index in [0.717, 1.165) is 10.4 Å². The van der Waals surface area contributed by atoms with Crippen LogP contribution in [0.15, 0.2) is 30.5 Å². The maximum Gasteiger partial charge on any atom is 0.340 e.